The highest BCUT2D eigenvalue weighted by molar-refractivity contribution is 6.34. The fourth-order valence-corrected chi connectivity index (χ4v) is 3.17. The zero-order valence-electron chi connectivity index (χ0n) is 15.2. The molecule has 4 rings (SSSR count). The van der Waals surface area contributed by atoms with Gasteiger partial charge in [0.1, 0.15) is 11.6 Å². The Hall–Kier alpha value is -3.87. The smallest absolute Gasteiger partial charge is 0.266 e. The quantitative estimate of drug-likeness (QED) is 0.675. The van der Waals surface area contributed by atoms with Crippen LogP contribution in [-0.4, -0.2) is 17.7 Å². The fraction of sp³-hybridized carbons (Fsp3) is 0.0455. The number of nitrogens with zero attached hydrogens (tertiary/aromatic N) is 1. The van der Waals surface area contributed by atoms with E-state index in [1.54, 1.807) is 6.92 Å². The normalized spacial score (nSPS) is 12.9. The second kappa shape index (κ2) is 6.94. The van der Waals surface area contributed by atoms with Crippen LogP contribution >= 0.6 is 0 Å². The van der Waals surface area contributed by atoms with Crippen LogP contribution in [0.3, 0.4) is 0 Å². The van der Waals surface area contributed by atoms with E-state index in [4.69, 9.17) is 0 Å². The summed E-state index contributed by atoms with van der Waals surface area (Å²) < 4.78 is 26.4. The molecule has 1 N–H and O–H groups in total. The molecule has 29 heavy (non-hydrogen) atoms. The van der Waals surface area contributed by atoms with Gasteiger partial charge in [-0.15, -0.1) is 0 Å². The van der Waals surface area contributed by atoms with Gasteiger partial charge in [-0.2, -0.15) is 0 Å². The maximum absolute atomic E-state index is 13.2. The lowest BCUT2D eigenvalue weighted by Gasteiger charge is -2.13. The number of hydrogen-bond donors (Lipinski definition) is 1. The number of aryl methyl sites for hydroxylation is 1. The van der Waals surface area contributed by atoms with Crippen molar-refractivity contribution in [3.05, 3.63) is 94.6 Å². The van der Waals surface area contributed by atoms with E-state index in [0.29, 0.717) is 11.3 Å². The molecule has 0 aromatic heterocycles. The SMILES string of the molecule is Cc1cc(F)ccc1NC(=O)c1ccc2c(c1)C(=O)N(c1ccc(F)cc1)C2=O. The Morgan fingerprint density at radius 3 is 2.17 bits per heavy atom. The van der Waals surface area contributed by atoms with Gasteiger partial charge in [0.2, 0.25) is 0 Å². The van der Waals surface area contributed by atoms with Crippen LogP contribution in [0.4, 0.5) is 20.2 Å². The molecule has 1 aliphatic rings. The molecule has 3 aromatic rings. The molecule has 5 nitrogen and oxygen atoms in total. The fourth-order valence-electron chi connectivity index (χ4n) is 3.17. The van der Waals surface area contributed by atoms with E-state index in [-0.39, 0.29) is 22.4 Å². The van der Waals surface area contributed by atoms with E-state index in [0.717, 1.165) is 17.0 Å². The van der Waals surface area contributed by atoms with Crippen molar-refractivity contribution in [2.45, 2.75) is 6.92 Å². The van der Waals surface area contributed by atoms with Crippen molar-refractivity contribution in [1.29, 1.82) is 0 Å². The molecule has 144 valence electrons. The number of fused-ring (bicyclic) bond motifs is 1. The first-order valence-corrected chi connectivity index (χ1v) is 8.71. The van der Waals surface area contributed by atoms with Gasteiger partial charge in [0, 0.05) is 11.3 Å². The Balaban J connectivity index is 1.63. The van der Waals surface area contributed by atoms with Crippen molar-refractivity contribution < 1.29 is 23.2 Å². The van der Waals surface area contributed by atoms with Gasteiger partial charge in [0.15, 0.2) is 0 Å². The van der Waals surface area contributed by atoms with Crippen LogP contribution in [0.5, 0.6) is 0 Å². The van der Waals surface area contributed by atoms with E-state index in [9.17, 15) is 23.2 Å². The number of halogens is 2. The lowest BCUT2D eigenvalue weighted by atomic mass is 10.0. The van der Waals surface area contributed by atoms with Gasteiger partial charge >= 0.3 is 0 Å². The predicted molar refractivity (Wildman–Crippen MR) is 103 cm³/mol. The molecule has 0 unspecified atom stereocenters. The third-order valence-corrected chi connectivity index (χ3v) is 4.67. The lowest BCUT2D eigenvalue weighted by Crippen LogP contribution is -2.29. The average molecular weight is 392 g/mol. The summed E-state index contributed by atoms with van der Waals surface area (Å²) in [6.07, 6.45) is 0. The van der Waals surface area contributed by atoms with Crippen LogP contribution in [0.1, 0.15) is 36.6 Å². The second-order valence-corrected chi connectivity index (χ2v) is 6.60. The number of carbonyl (C=O) groups excluding carboxylic acids is 3. The number of benzene rings is 3. The first kappa shape index (κ1) is 18.5. The molecule has 0 aliphatic carbocycles. The molecule has 0 radical (unpaired) electrons. The third-order valence-electron chi connectivity index (χ3n) is 4.67. The number of imide groups is 1. The highest BCUT2D eigenvalue weighted by Crippen LogP contribution is 2.29. The van der Waals surface area contributed by atoms with Crippen LogP contribution in [0, 0.1) is 18.6 Å². The minimum absolute atomic E-state index is 0.0859. The molecule has 7 heteroatoms. The Kier molecular flexibility index (Phi) is 4.43. The number of nitrogens with one attached hydrogen (secondary N) is 1. The molecule has 3 amide bonds. The van der Waals surface area contributed by atoms with E-state index in [1.807, 2.05) is 0 Å². The van der Waals surface area contributed by atoms with Crippen LogP contribution in [0.2, 0.25) is 0 Å². The van der Waals surface area contributed by atoms with Gasteiger partial charge in [-0.25, -0.2) is 13.7 Å². The third kappa shape index (κ3) is 3.27. The largest absolute Gasteiger partial charge is 0.322 e. The van der Waals surface area contributed by atoms with Crippen molar-refractivity contribution in [3.63, 3.8) is 0 Å². The Labute approximate surface area is 164 Å². The van der Waals surface area contributed by atoms with E-state index in [1.165, 1.54) is 48.5 Å². The highest BCUT2D eigenvalue weighted by atomic mass is 19.1. The molecule has 0 saturated heterocycles. The molecule has 0 bridgehead atoms. The van der Waals surface area contributed by atoms with Gasteiger partial charge in [-0.3, -0.25) is 14.4 Å². The zero-order chi connectivity index (χ0) is 20.7. The number of hydrogen-bond acceptors (Lipinski definition) is 3. The Morgan fingerprint density at radius 1 is 0.828 bits per heavy atom. The molecule has 1 aliphatic heterocycles. The van der Waals surface area contributed by atoms with Gasteiger partial charge < -0.3 is 5.32 Å². The van der Waals surface area contributed by atoms with Crippen molar-refractivity contribution in [2.24, 2.45) is 0 Å². The number of rotatable bonds is 3. The molecule has 0 spiro atoms. The first-order chi connectivity index (χ1) is 13.8. The maximum Gasteiger partial charge on any atom is 0.266 e. The molecule has 3 aromatic carbocycles. The van der Waals surface area contributed by atoms with Gasteiger partial charge in [0.05, 0.1) is 16.8 Å². The molecule has 1 heterocycles. The molecular formula is C22H14F2N2O3. The van der Waals surface area contributed by atoms with Crippen LogP contribution in [0.25, 0.3) is 0 Å². The minimum Gasteiger partial charge on any atom is -0.322 e. The summed E-state index contributed by atoms with van der Waals surface area (Å²) in [5.41, 5.74) is 1.65. The summed E-state index contributed by atoms with van der Waals surface area (Å²) in [7, 11) is 0. The molecule has 0 fully saturated rings. The maximum atomic E-state index is 13.2. The number of amides is 3. The number of anilines is 2. The number of carbonyl (C=O) groups is 3. The summed E-state index contributed by atoms with van der Waals surface area (Å²) >= 11 is 0. The summed E-state index contributed by atoms with van der Waals surface area (Å²) in [5.74, 6) is -2.53. The van der Waals surface area contributed by atoms with Crippen molar-refractivity contribution in [3.8, 4) is 0 Å². The zero-order valence-corrected chi connectivity index (χ0v) is 15.2. The predicted octanol–water partition coefficient (Wildman–Crippen LogP) is 4.33. The standard InChI is InChI=1S/C22H14F2N2O3/c1-12-10-15(24)5-9-19(12)25-20(27)13-2-8-17-18(11-13)22(29)26(21(17)28)16-6-3-14(23)4-7-16/h2-11H,1H3,(H,25,27). The summed E-state index contributed by atoms with van der Waals surface area (Å²) in [5, 5.41) is 2.66. The summed E-state index contributed by atoms with van der Waals surface area (Å²) in [6, 6.07) is 13.1. The van der Waals surface area contributed by atoms with E-state index < -0.39 is 29.4 Å². The van der Waals surface area contributed by atoms with Crippen molar-refractivity contribution in [2.75, 3.05) is 10.2 Å². The lowest BCUT2D eigenvalue weighted by molar-refractivity contribution is 0.0925. The van der Waals surface area contributed by atoms with Crippen molar-refractivity contribution in [1.82, 2.24) is 0 Å². The average Bonchev–Trinajstić information content (AvgIpc) is 2.95. The van der Waals surface area contributed by atoms with Crippen molar-refractivity contribution >= 4 is 29.1 Å². The van der Waals surface area contributed by atoms with Crippen LogP contribution < -0.4 is 10.2 Å². The van der Waals surface area contributed by atoms with E-state index in [2.05, 4.69) is 5.32 Å². The Morgan fingerprint density at radius 2 is 1.48 bits per heavy atom. The molecule has 0 saturated carbocycles. The topological polar surface area (TPSA) is 66.5 Å². The first-order valence-electron chi connectivity index (χ1n) is 8.71. The molecule has 0 atom stereocenters. The highest BCUT2D eigenvalue weighted by Gasteiger charge is 2.37. The Bertz CT molecular complexity index is 1170. The van der Waals surface area contributed by atoms with E-state index >= 15 is 0 Å². The summed E-state index contributed by atoms with van der Waals surface area (Å²) in [6.45, 7) is 1.66. The second-order valence-electron chi connectivity index (χ2n) is 6.60. The van der Waals surface area contributed by atoms with Gasteiger partial charge in [-0.1, -0.05) is 0 Å². The van der Waals surface area contributed by atoms with Gasteiger partial charge in [-0.05, 0) is 73.2 Å². The minimum atomic E-state index is -0.593. The van der Waals surface area contributed by atoms with Crippen LogP contribution in [0.15, 0.2) is 60.7 Å². The summed E-state index contributed by atoms with van der Waals surface area (Å²) in [4.78, 5) is 38.9. The molecular weight excluding hydrogens is 378 g/mol. The monoisotopic (exact) mass is 392 g/mol. The van der Waals surface area contributed by atoms with Crippen LogP contribution in [-0.2, 0) is 0 Å². The van der Waals surface area contributed by atoms with Gasteiger partial charge in [0.25, 0.3) is 17.7 Å².